The van der Waals surface area contributed by atoms with Gasteiger partial charge in [-0.3, -0.25) is 4.79 Å². The van der Waals surface area contributed by atoms with Gasteiger partial charge in [-0.15, -0.1) is 0 Å². The van der Waals surface area contributed by atoms with E-state index in [4.69, 9.17) is 18.6 Å². The van der Waals surface area contributed by atoms with E-state index in [-0.39, 0.29) is 42.3 Å². The van der Waals surface area contributed by atoms with Crippen molar-refractivity contribution >= 4 is 17.9 Å². The highest BCUT2D eigenvalue weighted by molar-refractivity contribution is 6.03. The molecule has 1 aromatic carbocycles. The van der Waals surface area contributed by atoms with E-state index >= 15 is 0 Å². The standard InChI is InChI=1S/C19H20O7/c1-4-24-14(20)11-13-15(18(21)23-3)16(12-9-7-6-8-10-12)26-17(13)19(22)25-5-2/h6-10H,4-5,11H2,1-3H3. The molecule has 2 aromatic rings. The molecule has 0 saturated heterocycles. The van der Waals surface area contributed by atoms with Gasteiger partial charge in [0.05, 0.1) is 26.7 Å². The Bertz CT molecular complexity index is 790. The molecule has 0 saturated carbocycles. The summed E-state index contributed by atoms with van der Waals surface area (Å²) in [6, 6.07) is 8.75. The Kier molecular flexibility index (Phi) is 6.54. The van der Waals surface area contributed by atoms with Gasteiger partial charge in [0.1, 0.15) is 11.3 Å². The molecule has 2 rings (SSSR count). The van der Waals surface area contributed by atoms with Crippen molar-refractivity contribution in [2.75, 3.05) is 20.3 Å². The number of methoxy groups -OCH3 is 1. The van der Waals surface area contributed by atoms with Gasteiger partial charge in [0.25, 0.3) is 0 Å². The first-order valence-electron chi connectivity index (χ1n) is 8.15. The average Bonchev–Trinajstić information content (AvgIpc) is 3.01. The molecule has 0 unspecified atom stereocenters. The molecule has 0 aliphatic carbocycles. The first kappa shape index (κ1) is 19.2. The van der Waals surface area contributed by atoms with Crippen LogP contribution in [0.15, 0.2) is 34.7 Å². The number of furan rings is 1. The Labute approximate surface area is 150 Å². The smallest absolute Gasteiger partial charge is 0.374 e. The number of esters is 3. The lowest BCUT2D eigenvalue weighted by Gasteiger charge is -2.05. The molecular formula is C19H20O7. The maximum absolute atomic E-state index is 12.4. The molecule has 0 atom stereocenters. The van der Waals surface area contributed by atoms with E-state index < -0.39 is 17.9 Å². The highest BCUT2D eigenvalue weighted by atomic mass is 16.5. The van der Waals surface area contributed by atoms with Crippen LogP contribution in [0.3, 0.4) is 0 Å². The van der Waals surface area contributed by atoms with Gasteiger partial charge in [-0.2, -0.15) is 0 Å². The third-order valence-electron chi connectivity index (χ3n) is 3.52. The number of rotatable bonds is 7. The zero-order valence-corrected chi connectivity index (χ0v) is 14.9. The molecule has 1 aromatic heterocycles. The molecule has 1 heterocycles. The minimum atomic E-state index is -0.765. The van der Waals surface area contributed by atoms with E-state index in [0.29, 0.717) is 5.56 Å². The Morgan fingerprint density at radius 1 is 0.962 bits per heavy atom. The first-order chi connectivity index (χ1) is 12.5. The van der Waals surface area contributed by atoms with Crippen LogP contribution in [0, 0.1) is 0 Å². The number of ether oxygens (including phenoxy) is 3. The lowest BCUT2D eigenvalue weighted by atomic mass is 10.0. The predicted molar refractivity (Wildman–Crippen MR) is 91.8 cm³/mol. The minimum absolute atomic E-state index is 0.00908. The summed E-state index contributed by atoms with van der Waals surface area (Å²) in [6.07, 6.45) is -0.317. The van der Waals surface area contributed by atoms with Crippen molar-refractivity contribution in [1.29, 1.82) is 0 Å². The van der Waals surface area contributed by atoms with Gasteiger partial charge < -0.3 is 18.6 Å². The van der Waals surface area contributed by atoms with Crippen molar-refractivity contribution in [3.63, 3.8) is 0 Å². The largest absolute Gasteiger partial charge is 0.466 e. The van der Waals surface area contributed by atoms with Gasteiger partial charge >= 0.3 is 17.9 Å². The summed E-state index contributed by atoms with van der Waals surface area (Å²) in [5.74, 6) is -2.15. The van der Waals surface area contributed by atoms with Crippen LogP contribution in [0.2, 0.25) is 0 Å². The Balaban J connectivity index is 2.66. The molecule has 138 valence electrons. The number of hydrogen-bond donors (Lipinski definition) is 0. The van der Waals surface area contributed by atoms with Crippen molar-refractivity contribution in [3.05, 3.63) is 47.2 Å². The second kappa shape index (κ2) is 8.84. The molecule has 0 aliphatic heterocycles. The molecular weight excluding hydrogens is 340 g/mol. The fourth-order valence-electron chi connectivity index (χ4n) is 2.46. The second-order valence-corrected chi connectivity index (χ2v) is 5.17. The summed E-state index contributed by atoms with van der Waals surface area (Å²) < 4.78 is 20.4. The molecule has 0 aliphatic rings. The van der Waals surface area contributed by atoms with Gasteiger partial charge in [-0.25, -0.2) is 9.59 Å². The Hall–Kier alpha value is -3.09. The highest BCUT2D eigenvalue weighted by Crippen LogP contribution is 2.33. The van der Waals surface area contributed by atoms with Gasteiger partial charge in [-0.05, 0) is 13.8 Å². The fraction of sp³-hybridized carbons (Fsp3) is 0.316. The number of carbonyl (C=O) groups excluding carboxylic acids is 3. The zero-order valence-electron chi connectivity index (χ0n) is 14.9. The molecule has 0 N–H and O–H groups in total. The van der Waals surface area contributed by atoms with Crippen molar-refractivity contribution in [3.8, 4) is 11.3 Å². The Morgan fingerprint density at radius 2 is 1.62 bits per heavy atom. The summed E-state index contributed by atoms with van der Waals surface area (Å²) in [7, 11) is 1.21. The fourth-order valence-corrected chi connectivity index (χ4v) is 2.46. The summed E-state index contributed by atoms with van der Waals surface area (Å²) >= 11 is 0. The van der Waals surface area contributed by atoms with E-state index in [9.17, 15) is 14.4 Å². The average molecular weight is 360 g/mol. The molecule has 0 amide bonds. The third-order valence-corrected chi connectivity index (χ3v) is 3.52. The van der Waals surface area contributed by atoms with Crippen LogP contribution < -0.4 is 0 Å². The van der Waals surface area contributed by atoms with Crippen molar-refractivity contribution < 1.29 is 33.0 Å². The van der Waals surface area contributed by atoms with Gasteiger partial charge in [0.2, 0.25) is 5.76 Å². The van der Waals surface area contributed by atoms with Crippen LogP contribution in [0.5, 0.6) is 0 Å². The van der Waals surface area contributed by atoms with Gasteiger partial charge in [0, 0.05) is 11.1 Å². The molecule has 7 nitrogen and oxygen atoms in total. The molecule has 7 heteroatoms. The SMILES string of the molecule is CCOC(=O)Cc1c(C(=O)OCC)oc(-c2ccccc2)c1C(=O)OC. The number of benzene rings is 1. The van der Waals surface area contributed by atoms with Crippen LogP contribution >= 0.6 is 0 Å². The maximum Gasteiger partial charge on any atom is 0.374 e. The summed E-state index contributed by atoms with van der Waals surface area (Å²) in [5, 5.41) is 0. The maximum atomic E-state index is 12.4. The summed E-state index contributed by atoms with van der Waals surface area (Å²) in [5.41, 5.74) is 0.663. The molecule has 0 spiro atoms. The van der Waals surface area contributed by atoms with Gasteiger partial charge in [-0.1, -0.05) is 30.3 Å². The monoisotopic (exact) mass is 360 g/mol. The molecule has 26 heavy (non-hydrogen) atoms. The summed E-state index contributed by atoms with van der Waals surface area (Å²) in [4.78, 5) is 36.7. The zero-order chi connectivity index (χ0) is 19.1. The lowest BCUT2D eigenvalue weighted by molar-refractivity contribution is -0.142. The Morgan fingerprint density at radius 3 is 2.19 bits per heavy atom. The topological polar surface area (TPSA) is 92.0 Å². The van der Waals surface area contributed by atoms with Crippen LogP contribution in [-0.4, -0.2) is 38.2 Å². The van der Waals surface area contributed by atoms with Crippen LogP contribution in [0.4, 0.5) is 0 Å². The van der Waals surface area contributed by atoms with E-state index in [1.54, 1.807) is 44.2 Å². The van der Waals surface area contributed by atoms with E-state index in [1.807, 2.05) is 0 Å². The van der Waals surface area contributed by atoms with Crippen molar-refractivity contribution in [2.45, 2.75) is 20.3 Å². The normalized spacial score (nSPS) is 10.3. The highest BCUT2D eigenvalue weighted by Gasteiger charge is 2.32. The lowest BCUT2D eigenvalue weighted by Crippen LogP contribution is -2.15. The predicted octanol–water partition coefficient (Wildman–Crippen LogP) is 3.02. The molecule has 0 fully saturated rings. The van der Waals surface area contributed by atoms with Crippen molar-refractivity contribution in [2.24, 2.45) is 0 Å². The molecule has 0 bridgehead atoms. The van der Waals surface area contributed by atoms with Crippen LogP contribution in [-0.2, 0) is 25.4 Å². The molecule has 0 radical (unpaired) electrons. The van der Waals surface area contributed by atoms with E-state index in [1.165, 1.54) is 7.11 Å². The van der Waals surface area contributed by atoms with Crippen LogP contribution in [0.1, 0.15) is 40.3 Å². The summed E-state index contributed by atoms with van der Waals surface area (Å²) in [6.45, 7) is 3.60. The van der Waals surface area contributed by atoms with E-state index in [2.05, 4.69) is 0 Å². The van der Waals surface area contributed by atoms with Crippen LogP contribution in [0.25, 0.3) is 11.3 Å². The minimum Gasteiger partial charge on any atom is -0.466 e. The van der Waals surface area contributed by atoms with Gasteiger partial charge in [0.15, 0.2) is 0 Å². The third kappa shape index (κ3) is 4.11. The second-order valence-electron chi connectivity index (χ2n) is 5.17. The van der Waals surface area contributed by atoms with E-state index in [0.717, 1.165) is 0 Å². The first-order valence-corrected chi connectivity index (χ1v) is 8.15. The quantitative estimate of drug-likeness (QED) is 0.553. The number of carbonyl (C=O) groups is 3. The number of hydrogen-bond acceptors (Lipinski definition) is 7. The van der Waals surface area contributed by atoms with Crippen molar-refractivity contribution in [1.82, 2.24) is 0 Å².